The van der Waals surface area contributed by atoms with Crippen LogP contribution in [-0.2, 0) is 9.59 Å². The van der Waals surface area contributed by atoms with E-state index in [0.717, 1.165) is 12.8 Å². The number of rotatable bonds is 4. The Morgan fingerprint density at radius 1 is 1.24 bits per heavy atom. The third-order valence-electron chi connectivity index (χ3n) is 6.67. The first kappa shape index (κ1) is 18.6. The molecule has 0 unspecified atom stereocenters. The maximum Gasteiger partial charge on any atom is 0.236 e. The van der Waals surface area contributed by atoms with Gasteiger partial charge >= 0.3 is 0 Å². The van der Waals surface area contributed by atoms with E-state index in [1.165, 1.54) is 25.7 Å². The lowest BCUT2D eigenvalue weighted by Gasteiger charge is -2.40. The van der Waals surface area contributed by atoms with Crippen LogP contribution in [-0.4, -0.2) is 82.5 Å². The molecule has 2 heterocycles. The lowest BCUT2D eigenvalue weighted by Crippen LogP contribution is -2.54. The highest BCUT2D eigenvalue weighted by atomic mass is 16.3. The van der Waals surface area contributed by atoms with Crippen molar-refractivity contribution < 1.29 is 14.7 Å². The molecule has 0 radical (unpaired) electrons. The van der Waals surface area contributed by atoms with Gasteiger partial charge in [-0.3, -0.25) is 14.5 Å². The molecule has 1 N–H and O–H groups in total. The van der Waals surface area contributed by atoms with Crippen molar-refractivity contribution in [1.29, 1.82) is 0 Å². The standard InChI is InChI=1S/C19H33N3O3/c1-14(24)22-17-8-9-21(11-15(17)10-19(22,2)13-23)18(25)12-20(3)16-6-4-5-7-16/h15-17,23H,4-13H2,1-3H3/t15-,17-,19+/m0/s1. The van der Waals surface area contributed by atoms with Gasteiger partial charge in [-0.05, 0) is 45.6 Å². The molecule has 3 rings (SSSR count). The van der Waals surface area contributed by atoms with Crippen LogP contribution >= 0.6 is 0 Å². The smallest absolute Gasteiger partial charge is 0.236 e. The molecule has 0 bridgehead atoms. The van der Waals surface area contributed by atoms with E-state index in [-0.39, 0.29) is 30.4 Å². The summed E-state index contributed by atoms with van der Waals surface area (Å²) in [5.41, 5.74) is -0.485. The third kappa shape index (κ3) is 3.56. The number of carbonyl (C=O) groups is 2. The van der Waals surface area contributed by atoms with Crippen LogP contribution in [0.15, 0.2) is 0 Å². The first-order valence-corrected chi connectivity index (χ1v) is 9.74. The van der Waals surface area contributed by atoms with E-state index >= 15 is 0 Å². The Morgan fingerprint density at radius 3 is 2.52 bits per heavy atom. The topological polar surface area (TPSA) is 64.1 Å². The SMILES string of the molecule is CC(=O)N1[C@H]2CCN(C(=O)CN(C)C3CCCC3)C[C@@H]2C[C@]1(C)CO. The number of fused-ring (bicyclic) bond motifs is 1. The fraction of sp³-hybridized carbons (Fsp3) is 0.895. The first-order valence-electron chi connectivity index (χ1n) is 9.74. The quantitative estimate of drug-likeness (QED) is 0.823. The number of hydrogen-bond donors (Lipinski definition) is 1. The number of piperidine rings is 1. The van der Waals surface area contributed by atoms with E-state index in [1.807, 2.05) is 16.7 Å². The van der Waals surface area contributed by atoms with Crippen LogP contribution in [0.25, 0.3) is 0 Å². The van der Waals surface area contributed by atoms with Crippen molar-refractivity contribution in [3.05, 3.63) is 0 Å². The van der Waals surface area contributed by atoms with Crippen molar-refractivity contribution in [3.8, 4) is 0 Å². The molecule has 0 aromatic heterocycles. The van der Waals surface area contributed by atoms with Crippen molar-refractivity contribution in [3.63, 3.8) is 0 Å². The second-order valence-corrected chi connectivity index (χ2v) is 8.56. The van der Waals surface area contributed by atoms with Crippen LogP contribution in [0.4, 0.5) is 0 Å². The number of nitrogens with zero attached hydrogens (tertiary/aromatic N) is 3. The summed E-state index contributed by atoms with van der Waals surface area (Å²) >= 11 is 0. The molecule has 1 aliphatic carbocycles. The molecular weight excluding hydrogens is 318 g/mol. The summed E-state index contributed by atoms with van der Waals surface area (Å²) in [6, 6.07) is 0.713. The Morgan fingerprint density at radius 2 is 1.92 bits per heavy atom. The average Bonchev–Trinajstić information content (AvgIpc) is 3.19. The van der Waals surface area contributed by atoms with Gasteiger partial charge in [-0.25, -0.2) is 0 Å². The van der Waals surface area contributed by atoms with E-state index in [9.17, 15) is 14.7 Å². The zero-order chi connectivity index (χ0) is 18.2. The van der Waals surface area contributed by atoms with E-state index in [1.54, 1.807) is 6.92 Å². The Hall–Kier alpha value is -1.14. The summed E-state index contributed by atoms with van der Waals surface area (Å²) in [6.45, 7) is 5.45. The van der Waals surface area contributed by atoms with Gasteiger partial charge in [0.05, 0.1) is 18.7 Å². The summed E-state index contributed by atoms with van der Waals surface area (Å²) in [5.74, 6) is 0.514. The molecule has 2 amide bonds. The monoisotopic (exact) mass is 351 g/mol. The molecule has 3 aliphatic rings. The highest BCUT2D eigenvalue weighted by Gasteiger charge is 2.51. The van der Waals surface area contributed by atoms with E-state index in [4.69, 9.17) is 0 Å². The van der Waals surface area contributed by atoms with E-state index < -0.39 is 5.54 Å². The van der Waals surface area contributed by atoms with Crippen molar-refractivity contribution in [1.82, 2.24) is 14.7 Å². The fourth-order valence-electron chi connectivity index (χ4n) is 5.39. The first-order chi connectivity index (χ1) is 11.9. The largest absolute Gasteiger partial charge is 0.394 e. The second-order valence-electron chi connectivity index (χ2n) is 8.56. The van der Waals surface area contributed by atoms with Gasteiger partial charge in [-0.2, -0.15) is 0 Å². The highest BCUT2D eigenvalue weighted by molar-refractivity contribution is 5.79. The highest BCUT2D eigenvalue weighted by Crippen LogP contribution is 2.42. The fourth-order valence-corrected chi connectivity index (χ4v) is 5.39. The van der Waals surface area contributed by atoms with Gasteiger partial charge in [-0.15, -0.1) is 0 Å². The molecule has 0 aromatic carbocycles. The summed E-state index contributed by atoms with van der Waals surface area (Å²) in [5, 5.41) is 9.83. The number of carbonyl (C=O) groups excluding carboxylic acids is 2. The number of amides is 2. The minimum absolute atomic E-state index is 0.0159. The Labute approximate surface area is 151 Å². The zero-order valence-corrected chi connectivity index (χ0v) is 15.9. The van der Waals surface area contributed by atoms with Crippen LogP contribution in [0.1, 0.15) is 52.4 Å². The molecule has 2 aliphatic heterocycles. The van der Waals surface area contributed by atoms with Crippen LogP contribution in [0, 0.1) is 5.92 Å². The molecule has 1 saturated carbocycles. The lowest BCUT2D eigenvalue weighted by atomic mass is 9.89. The number of aliphatic hydroxyl groups is 1. The van der Waals surface area contributed by atoms with E-state index in [0.29, 0.717) is 25.7 Å². The Kier molecular flexibility index (Phi) is 5.40. The third-order valence-corrected chi connectivity index (χ3v) is 6.67. The molecule has 0 aromatic rings. The van der Waals surface area contributed by atoms with Crippen LogP contribution in [0.2, 0.25) is 0 Å². The number of aliphatic hydroxyl groups excluding tert-OH is 1. The molecule has 142 valence electrons. The molecule has 6 heteroatoms. The summed E-state index contributed by atoms with van der Waals surface area (Å²) in [6.07, 6.45) is 6.55. The maximum atomic E-state index is 12.8. The molecule has 3 fully saturated rings. The second kappa shape index (κ2) is 7.23. The van der Waals surface area contributed by atoms with Crippen molar-refractivity contribution in [2.24, 2.45) is 5.92 Å². The summed E-state index contributed by atoms with van der Waals surface area (Å²) in [7, 11) is 2.07. The number of hydrogen-bond acceptors (Lipinski definition) is 4. The minimum Gasteiger partial charge on any atom is -0.394 e. The van der Waals surface area contributed by atoms with Crippen LogP contribution < -0.4 is 0 Å². The van der Waals surface area contributed by atoms with Gasteiger partial charge < -0.3 is 14.9 Å². The van der Waals surface area contributed by atoms with Crippen molar-refractivity contribution >= 4 is 11.8 Å². The van der Waals surface area contributed by atoms with Crippen molar-refractivity contribution in [2.45, 2.75) is 70.0 Å². The van der Waals surface area contributed by atoms with Crippen LogP contribution in [0.5, 0.6) is 0 Å². The molecule has 2 saturated heterocycles. The van der Waals surface area contributed by atoms with Gasteiger partial charge in [0, 0.05) is 32.1 Å². The normalized spacial score (nSPS) is 33.2. The van der Waals surface area contributed by atoms with Crippen molar-refractivity contribution in [2.75, 3.05) is 33.3 Å². The van der Waals surface area contributed by atoms with Gasteiger partial charge in [0.2, 0.25) is 11.8 Å². The predicted octanol–water partition coefficient (Wildman–Crippen LogP) is 1.08. The van der Waals surface area contributed by atoms with Gasteiger partial charge in [-0.1, -0.05) is 12.8 Å². The van der Waals surface area contributed by atoms with Gasteiger partial charge in [0.15, 0.2) is 0 Å². The molecular formula is C19H33N3O3. The summed E-state index contributed by atoms with van der Waals surface area (Å²) in [4.78, 5) is 30.9. The lowest BCUT2D eigenvalue weighted by molar-refractivity contribution is -0.139. The summed E-state index contributed by atoms with van der Waals surface area (Å²) < 4.78 is 0. The molecule has 6 nitrogen and oxygen atoms in total. The molecule has 3 atom stereocenters. The maximum absolute atomic E-state index is 12.8. The molecule has 0 spiro atoms. The molecule has 25 heavy (non-hydrogen) atoms. The average molecular weight is 351 g/mol. The Balaban J connectivity index is 1.61. The van der Waals surface area contributed by atoms with Crippen LogP contribution in [0.3, 0.4) is 0 Å². The minimum atomic E-state index is -0.485. The van der Waals surface area contributed by atoms with Gasteiger partial charge in [0.1, 0.15) is 0 Å². The van der Waals surface area contributed by atoms with Gasteiger partial charge in [0.25, 0.3) is 0 Å². The van der Waals surface area contributed by atoms with E-state index in [2.05, 4.69) is 11.9 Å². The predicted molar refractivity (Wildman–Crippen MR) is 96.0 cm³/mol. The number of likely N-dealkylation sites (N-methyl/N-ethyl adjacent to an activating group) is 1. The Bertz CT molecular complexity index is 520. The zero-order valence-electron chi connectivity index (χ0n) is 15.9. The number of likely N-dealkylation sites (tertiary alicyclic amines) is 2.